The van der Waals surface area contributed by atoms with Gasteiger partial charge in [-0.3, -0.25) is 14.7 Å². The third kappa shape index (κ3) is 7.74. The number of halogens is 3. The first kappa shape index (κ1) is 29.4. The number of aliphatic carboxylic acids is 1. The number of rotatable bonds is 9. The van der Waals surface area contributed by atoms with Crippen LogP contribution in [0.5, 0.6) is 5.75 Å². The zero-order valence-electron chi connectivity index (χ0n) is 22.3. The summed E-state index contributed by atoms with van der Waals surface area (Å²) in [7, 11) is 1.59. The topological polar surface area (TPSA) is 82.9 Å². The summed E-state index contributed by atoms with van der Waals surface area (Å²) in [6.07, 6.45) is -0.625. The zero-order chi connectivity index (χ0) is 28.7. The number of alkyl halides is 3. The molecule has 0 radical (unpaired) electrons. The normalized spacial score (nSPS) is 18.6. The fraction of sp³-hybridized carbons (Fsp3) is 0.419. The number of likely N-dealkylation sites (tertiary alicyclic amines) is 1. The summed E-state index contributed by atoms with van der Waals surface area (Å²) in [6, 6.07) is 12.2. The average Bonchev–Trinajstić information content (AvgIpc) is 2.94. The minimum atomic E-state index is -4.38. The minimum Gasteiger partial charge on any atom is -0.497 e. The van der Waals surface area contributed by atoms with Gasteiger partial charge in [0.2, 0.25) is 0 Å². The molecule has 2 aromatic carbocycles. The van der Waals surface area contributed by atoms with Gasteiger partial charge in [-0.1, -0.05) is 11.8 Å². The standard InChI is InChI=1S/C31H33F3N2O4/c1-40-25-10-11-28-27(19-25)26(14-16-35-28)29(37)12-6-22-15-18-36(20-23(22)7-13-30(38)39)17-2-3-21-4-8-24(9-5-21)31(32,33)34/h4-5,8-11,14,16,19,22-23,29,37H,6-7,12-13,15,17-18,20H2,1H3,(H,38,39)/t22-,23+,29?/m1/s1. The van der Waals surface area contributed by atoms with Crippen LogP contribution < -0.4 is 4.74 Å². The number of aliphatic hydroxyl groups is 1. The number of pyridine rings is 1. The van der Waals surface area contributed by atoms with Gasteiger partial charge in [0.15, 0.2) is 0 Å². The number of nitrogens with zero attached hydrogens (tertiary/aromatic N) is 2. The first-order chi connectivity index (χ1) is 19.1. The molecule has 1 unspecified atom stereocenters. The Bertz CT molecular complexity index is 1360. The van der Waals surface area contributed by atoms with E-state index < -0.39 is 23.8 Å². The Kier molecular flexibility index (Phi) is 9.67. The van der Waals surface area contributed by atoms with Crippen LogP contribution in [0.1, 0.15) is 54.9 Å². The van der Waals surface area contributed by atoms with Gasteiger partial charge < -0.3 is 14.9 Å². The van der Waals surface area contributed by atoms with Crippen LogP contribution in [0.15, 0.2) is 54.7 Å². The number of fused-ring (bicyclic) bond motifs is 1. The Morgan fingerprint density at radius 3 is 2.62 bits per heavy atom. The monoisotopic (exact) mass is 554 g/mol. The summed E-state index contributed by atoms with van der Waals surface area (Å²) in [5.74, 6) is 6.23. The highest BCUT2D eigenvalue weighted by Gasteiger charge is 2.31. The maximum atomic E-state index is 12.8. The lowest BCUT2D eigenvalue weighted by atomic mass is 9.79. The predicted molar refractivity (Wildman–Crippen MR) is 146 cm³/mol. The van der Waals surface area contributed by atoms with E-state index in [0.717, 1.165) is 48.0 Å². The first-order valence-corrected chi connectivity index (χ1v) is 13.3. The molecule has 6 nitrogen and oxygen atoms in total. The molecule has 0 spiro atoms. The predicted octanol–water partition coefficient (Wildman–Crippen LogP) is 5.93. The third-order valence-corrected chi connectivity index (χ3v) is 7.60. The second kappa shape index (κ2) is 13.2. The van der Waals surface area contributed by atoms with Gasteiger partial charge in [0.1, 0.15) is 5.75 Å². The van der Waals surface area contributed by atoms with Gasteiger partial charge >= 0.3 is 12.1 Å². The highest BCUT2D eigenvalue weighted by molar-refractivity contribution is 5.83. The summed E-state index contributed by atoms with van der Waals surface area (Å²) in [5, 5.41) is 21.2. The number of hydrogen-bond acceptors (Lipinski definition) is 5. The lowest BCUT2D eigenvalue weighted by Crippen LogP contribution is -2.41. The van der Waals surface area contributed by atoms with Crippen LogP contribution in [-0.4, -0.2) is 52.8 Å². The van der Waals surface area contributed by atoms with E-state index in [0.29, 0.717) is 37.2 Å². The van der Waals surface area contributed by atoms with E-state index in [-0.39, 0.29) is 18.3 Å². The van der Waals surface area contributed by atoms with Crippen molar-refractivity contribution in [3.05, 3.63) is 71.4 Å². The van der Waals surface area contributed by atoms with Gasteiger partial charge in [-0.05, 0) is 98.2 Å². The Hall–Kier alpha value is -3.61. The number of carboxylic acid groups (broad SMARTS) is 1. The van der Waals surface area contributed by atoms with Crippen molar-refractivity contribution in [1.82, 2.24) is 9.88 Å². The van der Waals surface area contributed by atoms with Gasteiger partial charge in [0.25, 0.3) is 0 Å². The van der Waals surface area contributed by atoms with Gasteiger partial charge in [0, 0.05) is 30.1 Å². The molecular formula is C31H33F3N2O4. The second-order valence-corrected chi connectivity index (χ2v) is 10.2. The van der Waals surface area contributed by atoms with Crippen molar-refractivity contribution in [2.24, 2.45) is 11.8 Å². The molecule has 1 aliphatic rings. The molecule has 1 fully saturated rings. The molecule has 0 amide bonds. The van der Waals surface area contributed by atoms with Crippen LogP contribution in [0.4, 0.5) is 13.2 Å². The molecular weight excluding hydrogens is 521 g/mol. The number of benzene rings is 2. The Balaban J connectivity index is 1.38. The molecule has 4 rings (SSSR count). The smallest absolute Gasteiger partial charge is 0.416 e. The van der Waals surface area contributed by atoms with Gasteiger partial charge in [0.05, 0.1) is 30.8 Å². The van der Waals surface area contributed by atoms with Crippen molar-refractivity contribution in [2.45, 2.75) is 44.4 Å². The number of carboxylic acids is 1. The van der Waals surface area contributed by atoms with Crippen LogP contribution in [0.2, 0.25) is 0 Å². The van der Waals surface area contributed by atoms with E-state index in [1.165, 1.54) is 12.1 Å². The average molecular weight is 555 g/mol. The number of carbonyl (C=O) groups is 1. The lowest BCUT2D eigenvalue weighted by molar-refractivity contribution is -0.138. The molecule has 1 aromatic heterocycles. The third-order valence-electron chi connectivity index (χ3n) is 7.60. The van der Waals surface area contributed by atoms with E-state index in [1.807, 2.05) is 24.3 Å². The maximum Gasteiger partial charge on any atom is 0.416 e. The molecule has 3 aromatic rings. The number of methoxy groups -OCH3 is 1. The molecule has 0 bridgehead atoms. The summed E-state index contributed by atoms with van der Waals surface area (Å²) in [4.78, 5) is 17.9. The van der Waals surface area contributed by atoms with E-state index >= 15 is 0 Å². The minimum absolute atomic E-state index is 0.0730. The fourth-order valence-corrected chi connectivity index (χ4v) is 5.40. The fourth-order valence-electron chi connectivity index (χ4n) is 5.40. The molecule has 2 heterocycles. The Morgan fingerprint density at radius 1 is 1.15 bits per heavy atom. The van der Waals surface area contributed by atoms with Crippen LogP contribution in [0, 0.1) is 23.7 Å². The number of hydrogen-bond donors (Lipinski definition) is 2. The van der Waals surface area contributed by atoms with Crippen molar-refractivity contribution >= 4 is 16.9 Å². The molecule has 3 atom stereocenters. The molecule has 1 aliphatic heterocycles. The summed E-state index contributed by atoms with van der Waals surface area (Å²) in [5.41, 5.74) is 1.38. The zero-order valence-corrected chi connectivity index (χ0v) is 22.3. The molecule has 0 saturated carbocycles. The molecule has 40 heavy (non-hydrogen) atoms. The van der Waals surface area contributed by atoms with E-state index in [9.17, 15) is 28.2 Å². The van der Waals surface area contributed by atoms with Crippen LogP contribution >= 0.6 is 0 Å². The highest BCUT2D eigenvalue weighted by atomic mass is 19.4. The van der Waals surface area contributed by atoms with Crippen molar-refractivity contribution in [1.29, 1.82) is 0 Å². The van der Waals surface area contributed by atoms with Crippen LogP contribution in [0.3, 0.4) is 0 Å². The Labute approximate surface area is 231 Å². The number of ether oxygens (including phenoxy) is 1. The largest absolute Gasteiger partial charge is 0.497 e. The molecule has 2 N–H and O–H groups in total. The van der Waals surface area contributed by atoms with Gasteiger partial charge in [-0.2, -0.15) is 13.2 Å². The van der Waals surface area contributed by atoms with E-state index in [1.54, 1.807) is 13.3 Å². The lowest BCUT2D eigenvalue weighted by Gasteiger charge is -2.38. The molecule has 1 saturated heterocycles. The van der Waals surface area contributed by atoms with E-state index in [2.05, 4.69) is 21.7 Å². The highest BCUT2D eigenvalue weighted by Crippen LogP contribution is 2.35. The summed E-state index contributed by atoms with van der Waals surface area (Å²) >= 11 is 0. The molecule has 9 heteroatoms. The maximum absolute atomic E-state index is 12.8. The van der Waals surface area contributed by atoms with Gasteiger partial charge in [-0.15, -0.1) is 0 Å². The van der Waals surface area contributed by atoms with Gasteiger partial charge in [-0.25, -0.2) is 0 Å². The quantitative estimate of drug-likeness (QED) is 0.319. The summed E-state index contributed by atoms with van der Waals surface area (Å²) in [6.45, 7) is 1.91. The number of aromatic nitrogens is 1. The van der Waals surface area contributed by atoms with Crippen LogP contribution in [0.25, 0.3) is 10.9 Å². The molecule has 212 valence electrons. The number of aliphatic hydroxyl groups excluding tert-OH is 1. The van der Waals surface area contributed by atoms with Crippen LogP contribution in [-0.2, 0) is 11.0 Å². The Morgan fingerprint density at radius 2 is 1.93 bits per heavy atom. The van der Waals surface area contributed by atoms with Crippen molar-refractivity contribution in [3.63, 3.8) is 0 Å². The first-order valence-electron chi connectivity index (χ1n) is 13.3. The van der Waals surface area contributed by atoms with Crippen molar-refractivity contribution < 1.29 is 32.9 Å². The molecule has 0 aliphatic carbocycles. The van der Waals surface area contributed by atoms with Crippen molar-refractivity contribution in [2.75, 3.05) is 26.7 Å². The second-order valence-electron chi connectivity index (χ2n) is 10.2. The van der Waals surface area contributed by atoms with Crippen molar-refractivity contribution in [3.8, 4) is 17.6 Å². The number of piperidine rings is 1. The summed E-state index contributed by atoms with van der Waals surface area (Å²) < 4.78 is 43.7. The van der Waals surface area contributed by atoms with E-state index in [4.69, 9.17) is 4.74 Å². The SMILES string of the molecule is COc1ccc2nccc(C(O)CC[C@@H]3CCN(CC#Cc4ccc(C(F)(F)F)cc4)C[C@@H]3CCC(=O)O)c2c1.